The number of hydrogen-bond donors (Lipinski definition) is 2. The van der Waals surface area contributed by atoms with Crippen LogP contribution >= 0.6 is 0 Å². The molecule has 9 nitrogen and oxygen atoms in total. The van der Waals surface area contributed by atoms with E-state index in [4.69, 9.17) is 4.74 Å². The van der Waals surface area contributed by atoms with E-state index in [1.54, 1.807) is 78.7 Å². The minimum absolute atomic E-state index is 0.237. The Labute approximate surface area is 224 Å². The average Bonchev–Trinajstić information content (AvgIpc) is 3.27. The molecular weight excluding hydrogens is 494 g/mol. The number of rotatable bonds is 8. The van der Waals surface area contributed by atoms with Gasteiger partial charge in [0.2, 0.25) is 5.91 Å². The van der Waals surface area contributed by atoms with Crippen LogP contribution in [0.3, 0.4) is 0 Å². The number of amides is 2. The maximum Gasteiger partial charge on any atom is 0.338 e. The highest BCUT2D eigenvalue weighted by Crippen LogP contribution is 2.22. The highest BCUT2D eigenvalue weighted by Gasteiger charge is 2.17. The molecule has 2 heterocycles. The van der Waals surface area contributed by atoms with Gasteiger partial charge in [0.1, 0.15) is 5.75 Å². The molecule has 5 aromatic rings. The molecule has 39 heavy (non-hydrogen) atoms. The van der Waals surface area contributed by atoms with Crippen LogP contribution in [0, 0.1) is 0 Å². The van der Waals surface area contributed by atoms with E-state index in [1.807, 2.05) is 24.3 Å². The Morgan fingerprint density at radius 1 is 0.949 bits per heavy atom. The first-order chi connectivity index (χ1) is 19.0. The standard InChI is InChI=1S/C30H25N5O4/c1-3-28(36)33-22-7-5-8-24(17-22)35-26-14-15-31-19-27(26)34(30(35)38)23-12-10-21(11-13-23)29(37)32-18-20-6-4-9-25(16-20)39-2/h3-17,19H,1,18H2,2H3,(H,32,37)(H,33,36). The summed E-state index contributed by atoms with van der Waals surface area (Å²) < 4.78 is 8.32. The van der Waals surface area contributed by atoms with Crippen molar-refractivity contribution < 1.29 is 14.3 Å². The number of carbonyl (C=O) groups excluding carboxylic acids is 2. The lowest BCUT2D eigenvalue weighted by atomic mass is 10.1. The monoisotopic (exact) mass is 519 g/mol. The van der Waals surface area contributed by atoms with Crippen molar-refractivity contribution in [3.63, 3.8) is 0 Å². The van der Waals surface area contributed by atoms with Crippen LogP contribution in [-0.4, -0.2) is 33.0 Å². The Kier molecular flexibility index (Phi) is 7.05. The van der Waals surface area contributed by atoms with E-state index in [0.29, 0.717) is 40.2 Å². The Morgan fingerprint density at radius 3 is 2.49 bits per heavy atom. The Bertz CT molecular complexity index is 1750. The zero-order valence-electron chi connectivity index (χ0n) is 21.1. The topological polar surface area (TPSA) is 107 Å². The van der Waals surface area contributed by atoms with Gasteiger partial charge in [0.05, 0.1) is 35.7 Å². The summed E-state index contributed by atoms with van der Waals surface area (Å²) in [5.74, 6) is 0.136. The molecular formula is C30H25N5O4. The zero-order chi connectivity index (χ0) is 27.4. The maximum absolute atomic E-state index is 13.7. The molecule has 2 N–H and O–H groups in total. The molecule has 0 atom stereocenters. The van der Waals surface area contributed by atoms with Crippen molar-refractivity contribution in [3.05, 3.63) is 126 Å². The molecule has 194 valence electrons. The largest absolute Gasteiger partial charge is 0.497 e. The summed E-state index contributed by atoms with van der Waals surface area (Å²) >= 11 is 0. The minimum atomic E-state index is -0.348. The third-order valence-corrected chi connectivity index (χ3v) is 6.17. The smallest absolute Gasteiger partial charge is 0.338 e. The normalized spacial score (nSPS) is 10.7. The van der Waals surface area contributed by atoms with Gasteiger partial charge in [0.15, 0.2) is 0 Å². The number of hydrogen-bond acceptors (Lipinski definition) is 5. The molecule has 0 aliphatic rings. The lowest BCUT2D eigenvalue weighted by molar-refractivity contribution is -0.111. The van der Waals surface area contributed by atoms with Crippen molar-refractivity contribution in [2.75, 3.05) is 12.4 Å². The molecule has 0 fully saturated rings. The fraction of sp³-hybridized carbons (Fsp3) is 0.0667. The third-order valence-electron chi connectivity index (χ3n) is 6.17. The molecule has 0 bridgehead atoms. The molecule has 0 saturated heterocycles. The molecule has 3 aromatic carbocycles. The average molecular weight is 520 g/mol. The number of anilines is 1. The van der Waals surface area contributed by atoms with Gasteiger partial charge < -0.3 is 15.4 Å². The van der Waals surface area contributed by atoms with Gasteiger partial charge in [-0.2, -0.15) is 0 Å². The predicted octanol–water partition coefficient (Wildman–Crippen LogP) is 4.24. The molecule has 9 heteroatoms. The van der Waals surface area contributed by atoms with Gasteiger partial charge in [-0.3, -0.25) is 23.7 Å². The molecule has 5 rings (SSSR count). The first-order valence-electron chi connectivity index (χ1n) is 12.1. The number of ether oxygens (including phenoxy) is 1. The van der Waals surface area contributed by atoms with Crippen LogP contribution in [0.25, 0.3) is 22.4 Å². The van der Waals surface area contributed by atoms with Crippen molar-refractivity contribution in [1.29, 1.82) is 0 Å². The van der Waals surface area contributed by atoms with Crippen molar-refractivity contribution in [2.45, 2.75) is 6.54 Å². The van der Waals surface area contributed by atoms with Crippen molar-refractivity contribution in [2.24, 2.45) is 0 Å². The van der Waals surface area contributed by atoms with E-state index in [0.717, 1.165) is 11.3 Å². The summed E-state index contributed by atoms with van der Waals surface area (Å²) in [6.45, 7) is 3.82. The van der Waals surface area contributed by atoms with Gasteiger partial charge in [-0.05, 0) is 72.3 Å². The highest BCUT2D eigenvalue weighted by molar-refractivity contribution is 5.99. The van der Waals surface area contributed by atoms with Gasteiger partial charge in [-0.1, -0.05) is 24.8 Å². The summed E-state index contributed by atoms with van der Waals surface area (Å²) in [7, 11) is 1.60. The molecule has 0 spiro atoms. The highest BCUT2D eigenvalue weighted by atomic mass is 16.5. The number of pyridine rings is 1. The fourth-order valence-corrected chi connectivity index (χ4v) is 4.29. The summed E-state index contributed by atoms with van der Waals surface area (Å²) in [6.07, 6.45) is 4.41. The van der Waals surface area contributed by atoms with E-state index in [9.17, 15) is 14.4 Å². The Balaban J connectivity index is 1.45. The van der Waals surface area contributed by atoms with Crippen LogP contribution in [0.2, 0.25) is 0 Å². The zero-order valence-corrected chi connectivity index (χ0v) is 21.1. The van der Waals surface area contributed by atoms with E-state index < -0.39 is 0 Å². The van der Waals surface area contributed by atoms with Gasteiger partial charge in [-0.25, -0.2) is 4.79 Å². The van der Waals surface area contributed by atoms with Crippen LogP contribution in [0.5, 0.6) is 5.75 Å². The van der Waals surface area contributed by atoms with Crippen LogP contribution in [0.1, 0.15) is 15.9 Å². The lowest BCUT2D eigenvalue weighted by Gasteiger charge is -2.08. The predicted molar refractivity (Wildman–Crippen MR) is 150 cm³/mol. The summed E-state index contributed by atoms with van der Waals surface area (Å²) in [5, 5.41) is 5.62. The third kappa shape index (κ3) is 5.19. The Morgan fingerprint density at radius 2 is 1.72 bits per heavy atom. The van der Waals surface area contributed by atoms with E-state index in [2.05, 4.69) is 22.2 Å². The molecule has 2 aromatic heterocycles. The summed E-state index contributed by atoms with van der Waals surface area (Å²) in [4.78, 5) is 42.5. The van der Waals surface area contributed by atoms with Gasteiger partial charge in [-0.15, -0.1) is 0 Å². The fourth-order valence-electron chi connectivity index (χ4n) is 4.29. The van der Waals surface area contributed by atoms with Crippen molar-refractivity contribution >= 4 is 28.5 Å². The molecule has 0 radical (unpaired) electrons. The SMILES string of the molecule is C=CC(=O)Nc1cccc(-n2c(=O)n(-c3ccc(C(=O)NCc4cccc(OC)c4)cc3)c3cnccc32)c1. The second-order valence-electron chi connectivity index (χ2n) is 8.64. The molecule has 2 amide bonds. The minimum Gasteiger partial charge on any atom is -0.497 e. The number of benzene rings is 3. The number of carbonyl (C=O) groups is 2. The number of nitrogens with one attached hydrogen (secondary N) is 2. The second kappa shape index (κ2) is 10.9. The quantitative estimate of drug-likeness (QED) is 0.298. The molecule has 0 aliphatic heterocycles. The van der Waals surface area contributed by atoms with Crippen molar-refractivity contribution in [1.82, 2.24) is 19.4 Å². The molecule has 0 unspecified atom stereocenters. The van der Waals surface area contributed by atoms with Crippen molar-refractivity contribution in [3.8, 4) is 17.1 Å². The number of aromatic nitrogens is 3. The van der Waals surface area contributed by atoms with Gasteiger partial charge in [0, 0.05) is 24.0 Å². The van der Waals surface area contributed by atoms with E-state index in [-0.39, 0.29) is 17.5 Å². The van der Waals surface area contributed by atoms with Crippen LogP contribution in [0.4, 0.5) is 5.69 Å². The Hall–Kier alpha value is -5.44. The van der Waals surface area contributed by atoms with Gasteiger partial charge >= 0.3 is 5.69 Å². The van der Waals surface area contributed by atoms with Crippen LogP contribution < -0.4 is 21.1 Å². The first kappa shape index (κ1) is 25.2. The van der Waals surface area contributed by atoms with Crippen LogP contribution in [0.15, 0.2) is 109 Å². The van der Waals surface area contributed by atoms with Crippen LogP contribution in [-0.2, 0) is 11.3 Å². The number of methoxy groups -OCH3 is 1. The van der Waals surface area contributed by atoms with E-state index in [1.165, 1.54) is 10.6 Å². The lowest BCUT2D eigenvalue weighted by Crippen LogP contribution is -2.23. The molecule has 0 saturated carbocycles. The molecule has 0 aliphatic carbocycles. The maximum atomic E-state index is 13.7. The number of imidazole rings is 1. The number of fused-ring (bicyclic) bond motifs is 1. The first-order valence-corrected chi connectivity index (χ1v) is 12.1. The summed E-state index contributed by atoms with van der Waals surface area (Å²) in [5.41, 5.74) is 3.98. The number of nitrogens with zero attached hydrogens (tertiary/aromatic N) is 3. The summed E-state index contributed by atoms with van der Waals surface area (Å²) in [6, 6.07) is 23.0. The second-order valence-corrected chi connectivity index (χ2v) is 8.64. The van der Waals surface area contributed by atoms with Gasteiger partial charge in [0.25, 0.3) is 5.91 Å². The van der Waals surface area contributed by atoms with E-state index >= 15 is 0 Å².